The molecule has 3 nitrogen and oxygen atoms in total. The van der Waals surface area contributed by atoms with Crippen molar-refractivity contribution >= 4 is 0 Å². The molecule has 19 heavy (non-hydrogen) atoms. The topological polar surface area (TPSA) is 41.6 Å². The molecule has 2 aromatic heterocycles. The predicted octanol–water partition coefficient (Wildman–Crippen LogP) is 3.12. The Morgan fingerprint density at radius 1 is 1.00 bits per heavy atom. The third-order valence-electron chi connectivity index (χ3n) is 3.06. The van der Waals surface area contributed by atoms with Crippen LogP contribution in [0.5, 0.6) is 0 Å². The second-order valence-electron chi connectivity index (χ2n) is 4.25. The van der Waals surface area contributed by atoms with Crippen LogP contribution in [-0.4, -0.2) is 15.0 Å². The van der Waals surface area contributed by atoms with E-state index in [2.05, 4.69) is 15.0 Å². The molecule has 0 spiro atoms. The monoisotopic (exact) mass is 253 g/mol. The van der Waals surface area contributed by atoms with E-state index in [1.165, 1.54) is 6.07 Å². The molecular formula is C15H12FN3. The molecule has 0 fully saturated rings. The number of hydrogen-bond donors (Lipinski definition) is 1. The Bertz CT molecular complexity index is 650. The highest BCUT2D eigenvalue weighted by Crippen LogP contribution is 2.31. The van der Waals surface area contributed by atoms with Crippen molar-refractivity contribution in [1.82, 2.24) is 15.0 Å². The van der Waals surface area contributed by atoms with Crippen LogP contribution in [0.1, 0.15) is 22.7 Å². The highest BCUT2D eigenvalue weighted by molar-refractivity contribution is 5.39. The van der Waals surface area contributed by atoms with E-state index in [1.807, 2.05) is 18.2 Å². The molecule has 0 aliphatic carbocycles. The average Bonchev–Trinajstić information content (AvgIpc) is 2.96. The second-order valence-corrected chi connectivity index (χ2v) is 4.25. The van der Waals surface area contributed by atoms with Crippen LogP contribution >= 0.6 is 0 Å². The van der Waals surface area contributed by atoms with Gasteiger partial charge in [-0.05, 0) is 17.7 Å². The maximum Gasteiger partial charge on any atom is 0.127 e. The van der Waals surface area contributed by atoms with Gasteiger partial charge in [0.2, 0.25) is 0 Å². The van der Waals surface area contributed by atoms with E-state index in [0.717, 1.165) is 11.3 Å². The lowest BCUT2D eigenvalue weighted by atomic mass is 9.89. The van der Waals surface area contributed by atoms with E-state index in [1.54, 1.807) is 37.1 Å². The van der Waals surface area contributed by atoms with Gasteiger partial charge < -0.3 is 4.98 Å². The van der Waals surface area contributed by atoms with Crippen LogP contribution in [0.15, 0.2) is 61.3 Å². The van der Waals surface area contributed by atoms with Crippen LogP contribution in [0.2, 0.25) is 0 Å². The molecule has 0 radical (unpaired) electrons. The molecule has 0 bridgehead atoms. The largest absolute Gasteiger partial charge is 0.348 e. The fourth-order valence-corrected chi connectivity index (χ4v) is 2.21. The van der Waals surface area contributed by atoms with Crippen molar-refractivity contribution in [3.05, 3.63) is 84.0 Å². The Hall–Kier alpha value is -2.49. The van der Waals surface area contributed by atoms with Gasteiger partial charge in [0.05, 0.1) is 12.2 Å². The van der Waals surface area contributed by atoms with Gasteiger partial charge in [0, 0.05) is 29.8 Å². The lowest BCUT2D eigenvalue weighted by Crippen LogP contribution is -2.06. The molecule has 0 aliphatic heterocycles. The quantitative estimate of drug-likeness (QED) is 0.779. The molecule has 3 rings (SSSR count). The zero-order valence-electron chi connectivity index (χ0n) is 10.1. The SMILES string of the molecule is Fc1ccccc1C(c1cccnc1)c1cnc[nH]1. The number of H-pyrrole nitrogens is 1. The maximum atomic E-state index is 14.1. The molecule has 1 unspecified atom stereocenters. The summed E-state index contributed by atoms with van der Waals surface area (Å²) in [4.78, 5) is 11.2. The first-order chi connectivity index (χ1) is 9.36. The Labute approximate surface area is 110 Å². The number of aromatic amines is 1. The third kappa shape index (κ3) is 2.25. The standard InChI is InChI=1S/C15H12FN3/c16-13-6-2-1-5-12(13)15(14-9-18-10-19-14)11-4-3-7-17-8-11/h1-10,15H,(H,18,19). The molecule has 0 amide bonds. The van der Waals surface area contributed by atoms with E-state index in [0.29, 0.717) is 5.56 Å². The van der Waals surface area contributed by atoms with Crippen LogP contribution in [-0.2, 0) is 0 Å². The summed E-state index contributed by atoms with van der Waals surface area (Å²) >= 11 is 0. The highest BCUT2D eigenvalue weighted by Gasteiger charge is 2.21. The molecule has 1 N–H and O–H groups in total. The van der Waals surface area contributed by atoms with Crippen molar-refractivity contribution in [2.24, 2.45) is 0 Å². The van der Waals surface area contributed by atoms with Crippen LogP contribution in [0.3, 0.4) is 0 Å². The Morgan fingerprint density at radius 3 is 2.58 bits per heavy atom. The number of pyridine rings is 1. The Kier molecular flexibility index (Phi) is 3.06. The Morgan fingerprint density at radius 2 is 1.89 bits per heavy atom. The van der Waals surface area contributed by atoms with Crippen LogP contribution < -0.4 is 0 Å². The lowest BCUT2D eigenvalue weighted by Gasteiger charge is -2.16. The number of nitrogens with one attached hydrogen (secondary N) is 1. The summed E-state index contributed by atoms with van der Waals surface area (Å²) < 4.78 is 14.1. The number of benzene rings is 1. The summed E-state index contributed by atoms with van der Waals surface area (Å²) in [5.74, 6) is -0.455. The first kappa shape index (κ1) is 11.6. The van der Waals surface area contributed by atoms with E-state index >= 15 is 0 Å². The average molecular weight is 253 g/mol. The number of halogens is 1. The highest BCUT2D eigenvalue weighted by atomic mass is 19.1. The predicted molar refractivity (Wildman–Crippen MR) is 70.2 cm³/mol. The molecule has 3 aromatic rings. The van der Waals surface area contributed by atoms with Crippen molar-refractivity contribution < 1.29 is 4.39 Å². The smallest absolute Gasteiger partial charge is 0.127 e. The lowest BCUT2D eigenvalue weighted by molar-refractivity contribution is 0.605. The summed E-state index contributed by atoms with van der Waals surface area (Å²) in [5, 5.41) is 0. The molecule has 2 heterocycles. The van der Waals surface area contributed by atoms with Gasteiger partial charge in [0.1, 0.15) is 5.82 Å². The van der Waals surface area contributed by atoms with Crippen molar-refractivity contribution in [2.75, 3.05) is 0 Å². The fourth-order valence-electron chi connectivity index (χ4n) is 2.21. The Balaban J connectivity index is 2.16. The molecule has 4 heteroatoms. The van der Waals surface area contributed by atoms with E-state index < -0.39 is 0 Å². The van der Waals surface area contributed by atoms with Crippen molar-refractivity contribution in [3.63, 3.8) is 0 Å². The molecule has 0 aliphatic rings. The summed E-state index contributed by atoms with van der Waals surface area (Å²) in [6.45, 7) is 0. The van der Waals surface area contributed by atoms with Gasteiger partial charge >= 0.3 is 0 Å². The first-order valence-corrected chi connectivity index (χ1v) is 5.99. The zero-order valence-corrected chi connectivity index (χ0v) is 10.1. The molecular weight excluding hydrogens is 241 g/mol. The zero-order chi connectivity index (χ0) is 13.1. The fraction of sp³-hybridized carbons (Fsp3) is 0.0667. The van der Waals surface area contributed by atoms with Crippen LogP contribution in [0.4, 0.5) is 4.39 Å². The minimum absolute atomic E-state index is 0.225. The van der Waals surface area contributed by atoms with Crippen molar-refractivity contribution in [3.8, 4) is 0 Å². The number of aromatic nitrogens is 3. The number of nitrogens with zero attached hydrogens (tertiary/aromatic N) is 2. The van der Waals surface area contributed by atoms with Gasteiger partial charge in [0.15, 0.2) is 0 Å². The van der Waals surface area contributed by atoms with Crippen LogP contribution in [0.25, 0.3) is 0 Å². The van der Waals surface area contributed by atoms with E-state index in [9.17, 15) is 4.39 Å². The van der Waals surface area contributed by atoms with Crippen molar-refractivity contribution in [1.29, 1.82) is 0 Å². The van der Waals surface area contributed by atoms with Gasteiger partial charge in [-0.3, -0.25) is 4.98 Å². The normalized spacial score (nSPS) is 12.3. The van der Waals surface area contributed by atoms with Gasteiger partial charge in [0.25, 0.3) is 0 Å². The summed E-state index contributed by atoms with van der Waals surface area (Å²) in [6.07, 6.45) is 6.76. The van der Waals surface area contributed by atoms with Gasteiger partial charge in [-0.15, -0.1) is 0 Å². The second kappa shape index (κ2) is 5.02. The number of hydrogen-bond acceptors (Lipinski definition) is 2. The molecule has 0 saturated carbocycles. The molecule has 0 saturated heterocycles. The van der Waals surface area contributed by atoms with Gasteiger partial charge in [-0.25, -0.2) is 9.37 Å². The molecule has 1 aromatic carbocycles. The van der Waals surface area contributed by atoms with Gasteiger partial charge in [-0.2, -0.15) is 0 Å². The summed E-state index contributed by atoms with van der Waals surface area (Å²) in [6, 6.07) is 10.6. The third-order valence-corrected chi connectivity index (χ3v) is 3.06. The van der Waals surface area contributed by atoms with Crippen LogP contribution in [0, 0.1) is 5.82 Å². The number of imidazole rings is 1. The summed E-state index contributed by atoms with van der Waals surface area (Å²) in [5.41, 5.74) is 2.38. The minimum atomic E-state index is -0.231. The molecule has 94 valence electrons. The van der Waals surface area contributed by atoms with E-state index in [-0.39, 0.29) is 11.7 Å². The van der Waals surface area contributed by atoms with E-state index in [4.69, 9.17) is 0 Å². The first-order valence-electron chi connectivity index (χ1n) is 5.99. The minimum Gasteiger partial charge on any atom is -0.348 e. The molecule has 1 atom stereocenters. The van der Waals surface area contributed by atoms with Crippen molar-refractivity contribution in [2.45, 2.75) is 5.92 Å². The van der Waals surface area contributed by atoms with Gasteiger partial charge in [-0.1, -0.05) is 24.3 Å². The number of rotatable bonds is 3. The maximum absolute atomic E-state index is 14.1. The summed E-state index contributed by atoms with van der Waals surface area (Å²) in [7, 11) is 0.